The Morgan fingerprint density at radius 1 is 0.571 bits per heavy atom. The van der Waals surface area contributed by atoms with E-state index in [9.17, 15) is 0 Å². The van der Waals surface area contributed by atoms with E-state index in [2.05, 4.69) is 165 Å². The molecule has 0 fully saturated rings. The van der Waals surface area contributed by atoms with E-state index < -0.39 is 5.41 Å². The predicted molar refractivity (Wildman–Crippen MR) is 203 cm³/mol. The zero-order chi connectivity index (χ0) is 33.8. The van der Waals surface area contributed by atoms with Gasteiger partial charge in [-0.25, -0.2) is 5.56 Å². The van der Waals surface area contributed by atoms with Crippen molar-refractivity contribution in [3.05, 3.63) is 150 Å². The van der Waals surface area contributed by atoms with Gasteiger partial charge in [0.25, 0.3) is 0 Å². The van der Waals surface area contributed by atoms with Crippen molar-refractivity contribution in [1.29, 1.82) is 0 Å². The molecule has 7 rings (SSSR count). The SMILES string of the molecule is CC(C)(C)c1ccc2[n-]c3c(C(C)(C)c4cccc(-c5[c-]c(-c6[c-]cccc6)cc(-c6ccccc6)c5)n4)cc(C(C)(C)C)cc3c2c1.[Au+3]. The summed E-state index contributed by atoms with van der Waals surface area (Å²) in [6.07, 6.45) is 0. The second-order valence-corrected chi connectivity index (χ2v) is 15.6. The van der Waals surface area contributed by atoms with Gasteiger partial charge in [0.1, 0.15) is 0 Å². The minimum Gasteiger partial charge on any atom is -0.657 e. The van der Waals surface area contributed by atoms with Crippen molar-refractivity contribution >= 4 is 21.8 Å². The summed E-state index contributed by atoms with van der Waals surface area (Å²) in [5.74, 6) is 0. The van der Waals surface area contributed by atoms with Gasteiger partial charge in [0, 0.05) is 16.8 Å². The molecule has 0 spiro atoms. The van der Waals surface area contributed by atoms with E-state index in [0.717, 1.165) is 50.2 Å². The van der Waals surface area contributed by atoms with Gasteiger partial charge in [0.15, 0.2) is 0 Å². The summed E-state index contributed by atoms with van der Waals surface area (Å²) in [6, 6.07) is 48.0. The molecule has 0 unspecified atom stereocenters. The fourth-order valence-electron chi connectivity index (χ4n) is 6.59. The average Bonchev–Trinajstić information content (AvgIpc) is 3.46. The summed E-state index contributed by atoms with van der Waals surface area (Å²) < 4.78 is 0. The van der Waals surface area contributed by atoms with Gasteiger partial charge >= 0.3 is 22.4 Å². The molecule has 0 saturated carbocycles. The van der Waals surface area contributed by atoms with Crippen molar-refractivity contribution in [2.24, 2.45) is 0 Å². The third-order valence-electron chi connectivity index (χ3n) is 9.68. The Balaban J connectivity index is 0.00000417. The number of hydrogen-bond acceptors (Lipinski definition) is 1. The first-order chi connectivity index (χ1) is 22.8. The first kappa shape index (κ1) is 34.6. The molecule has 0 aliphatic heterocycles. The number of nitrogens with zero attached hydrogens (tertiary/aromatic N) is 2. The Bertz CT molecular complexity index is 2210. The average molecular weight is 821 g/mol. The van der Waals surface area contributed by atoms with E-state index in [0.29, 0.717) is 0 Å². The predicted octanol–water partition coefficient (Wildman–Crippen LogP) is 11.9. The second-order valence-electron chi connectivity index (χ2n) is 15.6. The minimum absolute atomic E-state index is 0. The molecule has 0 bridgehead atoms. The smallest absolute Gasteiger partial charge is 0.657 e. The van der Waals surface area contributed by atoms with Crippen LogP contribution in [0, 0.1) is 12.1 Å². The Morgan fingerprint density at radius 3 is 1.96 bits per heavy atom. The van der Waals surface area contributed by atoms with Gasteiger partial charge in [-0.2, -0.15) is 42.0 Å². The van der Waals surface area contributed by atoms with Crippen LogP contribution < -0.4 is 4.98 Å². The largest absolute Gasteiger partial charge is 3.00 e. The molecule has 2 nitrogen and oxygen atoms in total. The van der Waals surface area contributed by atoms with Crippen LogP contribution in [0.1, 0.15) is 77.8 Å². The molecule has 49 heavy (non-hydrogen) atoms. The van der Waals surface area contributed by atoms with Crippen LogP contribution in [0.5, 0.6) is 0 Å². The molecular weight excluding hydrogens is 777 g/mol. The van der Waals surface area contributed by atoms with E-state index in [1.807, 2.05) is 18.2 Å². The summed E-state index contributed by atoms with van der Waals surface area (Å²) in [6.45, 7) is 18.3. The van der Waals surface area contributed by atoms with Gasteiger partial charge in [0.2, 0.25) is 0 Å². The molecule has 0 N–H and O–H groups in total. The molecule has 5 aromatic carbocycles. The van der Waals surface area contributed by atoms with Gasteiger partial charge in [-0.1, -0.05) is 139 Å². The van der Waals surface area contributed by atoms with Crippen molar-refractivity contribution in [2.75, 3.05) is 0 Å². The molecule has 0 radical (unpaired) electrons. The molecule has 3 heteroatoms. The van der Waals surface area contributed by atoms with Crippen LogP contribution in [0.15, 0.2) is 115 Å². The summed E-state index contributed by atoms with van der Waals surface area (Å²) >= 11 is 0. The van der Waals surface area contributed by atoms with Gasteiger partial charge < -0.3 is 4.98 Å². The molecule has 0 aliphatic rings. The molecule has 0 aliphatic carbocycles. The summed E-state index contributed by atoms with van der Waals surface area (Å²) in [5.41, 5.74) is 12.7. The van der Waals surface area contributed by atoms with Crippen molar-refractivity contribution in [1.82, 2.24) is 9.97 Å². The maximum Gasteiger partial charge on any atom is 3.00 e. The molecule has 248 valence electrons. The number of hydrogen-bond donors (Lipinski definition) is 0. The topological polar surface area (TPSA) is 27.0 Å². The van der Waals surface area contributed by atoms with Crippen LogP contribution in [-0.2, 0) is 38.6 Å². The molecule has 0 amide bonds. The number of pyridine rings is 1. The first-order valence-electron chi connectivity index (χ1n) is 16.9. The third kappa shape index (κ3) is 6.71. The van der Waals surface area contributed by atoms with Crippen LogP contribution in [0.4, 0.5) is 0 Å². The summed E-state index contributed by atoms with van der Waals surface area (Å²) in [7, 11) is 0. The first-order valence-corrected chi connectivity index (χ1v) is 16.9. The molecule has 2 heterocycles. The molecule has 0 atom stereocenters. The fraction of sp³-hybridized carbons (Fsp3) is 0.239. The minimum atomic E-state index is -0.424. The van der Waals surface area contributed by atoms with Crippen molar-refractivity contribution in [3.8, 4) is 33.5 Å². The van der Waals surface area contributed by atoms with E-state index in [1.54, 1.807) is 0 Å². The zero-order valence-corrected chi connectivity index (χ0v) is 31.8. The molecule has 0 saturated heterocycles. The summed E-state index contributed by atoms with van der Waals surface area (Å²) in [5, 5.41) is 2.44. The number of benzene rings is 5. The fourth-order valence-corrected chi connectivity index (χ4v) is 6.59. The maximum absolute atomic E-state index is 5.39. The van der Waals surface area contributed by atoms with Gasteiger partial charge in [-0.3, -0.25) is 4.98 Å². The van der Waals surface area contributed by atoms with Crippen LogP contribution in [0.25, 0.3) is 55.3 Å². The van der Waals surface area contributed by atoms with E-state index in [-0.39, 0.29) is 33.2 Å². The Kier molecular flexibility index (Phi) is 9.13. The number of rotatable bonds is 5. The molecular formula is C46H43AuN2. The van der Waals surface area contributed by atoms with Gasteiger partial charge in [-0.05, 0) is 44.4 Å². The Morgan fingerprint density at radius 2 is 1.27 bits per heavy atom. The van der Waals surface area contributed by atoms with Gasteiger partial charge in [0.05, 0.1) is 0 Å². The van der Waals surface area contributed by atoms with Gasteiger partial charge in [-0.15, -0.1) is 28.7 Å². The normalized spacial score (nSPS) is 12.3. The maximum atomic E-state index is 5.39. The van der Waals surface area contributed by atoms with Crippen molar-refractivity contribution in [3.63, 3.8) is 0 Å². The molecule has 2 aromatic heterocycles. The Labute approximate surface area is 307 Å². The zero-order valence-electron chi connectivity index (χ0n) is 29.7. The van der Waals surface area contributed by atoms with Crippen molar-refractivity contribution in [2.45, 2.75) is 71.6 Å². The standard InChI is InChI=1S/C46H43N2.Au/c1-44(2,3)35-22-23-41-37(27-35)38-28-36(45(4,5)6)29-39(43(38)48-41)46(7,8)42-21-15-20-40(47-42)34-25-32(30-16-11-9-12-17-30)24-33(26-34)31-18-13-10-14-19-31;/h9-18,20-25,27-29H,1-8H3;/q-3;+3. The van der Waals surface area contributed by atoms with Crippen molar-refractivity contribution < 1.29 is 22.4 Å². The van der Waals surface area contributed by atoms with Crippen LogP contribution >= 0.6 is 0 Å². The van der Waals surface area contributed by atoms with E-state index >= 15 is 0 Å². The Hall–Kier alpha value is -4.21. The third-order valence-corrected chi connectivity index (χ3v) is 9.68. The quantitative estimate of drug-likeness (QED) is 0.128. The number of fused-ring (bicyclic) bond motifs is 3. The van der Waals surface area contributed by atoms with Crippen LogP contribution in [-0.4, -0.2) is 4.98 Å². The van der Waals surface area contributed by atoms with E-state index in [4.69, 9.17) is 9.97 Å². The van der Waals surface area contributed by atoms with E-state index in [1.165, 1.54) is 27.5 Å². The monoisotopic (exact) mass is 820 g/mol. The number of aromatic nitrogens is 2. The second kappa shape index (κ2) is 12.9. The molecule has 7 aromatic rings. The van der Waals surface area contributed by atoms with Crippen LogP contribution in [0.2, 0.25) is 0 Å². The summed E-state index contributed by atoms with van der Waals surface area (Å²) in [4.78, 5) is 10.7. The van der Waals surface area contributed by atoms with Crippen LogP contribution in [0.3, 0.4) is 0 Å².